The van der Waals surface area contributed by atoms with Crippen LogP contribution in [0.3, 0.4) is 0 Å². The number of benzene rings is 1. The second-order valence-electron chi connectivity index (χ2n) is 4.77. The maximum atomic E-state index is 10.9. The number of nitrogens with zero attached hydrogens (tertiary/aromatic N) is 3. The van der Waals surface area contributed by atoms with E-state index in [0.717, 1.165) is 11.3 Å². The SMILES string of the molecule is Cn1cnc([N+](=O)[O-])c1NCc1ccc(-c2ccccc2)o1. The van der Waals surface area contributed by atoms with E-state index in [2.05, 4.69) is 10.3 Å². The molecular formula is C15H14N4O3. The van der Waals surface area contributed by atoms with Gasteiger partial charge in [0, 0.05) is 12.6 Å². The monoisotopic (exact) mass is 298 g/mol. The molecule has 112 valence electrons. The van der Waals surface area contributed by atoms with Gasteiger partial charge in [0.15, 0.2) is 0 Å². The normalized spacial score (nSPS) is 10.6. The van der Waals surface area contributed by atoms with Crippen LogP contribution in [0.2, 0.25) is 0 Å². The number of hydrogen-bond donors (Lipinski definition) is 1. The third kappa shape index (κ3) is 2.69. The van der Waals surface area contributed by atoms with E-state index in [1.54, 1.807) is 11.6 Å². The molecule has 3 aromatic rings. The summed E-state index contributed by atoms with van der Waals surface area (Å²) >= 11 is 0. The number of furan rings is 1. The molecule has 0 saturated heterocycles. The van der Waals surface area contributed by atoms with Gasteiger partial charge in [0.2, 0.25) is 12.1 Å². The molecule has 0 atom stereocenters. The Bertz CT molecular complexity index is 792. The predicted molar refractivity (Wildman–Crippen MR) is 81.3 cm³/mol. The summed E-state index contributed by atoms with van der Waals surface area (Å²) < 4.78 is 7.31. The van der Waals surface area contributed by atoms with Crippen LogP contribution < -0.4 is 5.32 Å². The zero-order chi connectivity index (χ0) is 15.5. The molecule has 22 heavy (non-hydrogen) atoms. The lowest BCUT2D eigenvalue weighted by Gasteiger charge is -2.04. The van der Waals surface area contributed by atoms with Crippen molar-refractivity contribution in [3.05, 3.63) is 64.7 Å². The molecule has 0 unspecified atom stereocenters. The van der Waals surface area contributed by atoms with Crippen LogP contribution in [0.1, 0.15) is 5.76 Å². The van der Waals surface area contributed by atoms with Crippen molar-refractivity contribution in [2.24, 2.45) is 7.05 Å². The Morgan fingerprint density at radius 3 is 2.77 bits per heavy atom. The Morgan fingerprint density at radius 1 is 1.27 bits per heavy atom. The van der Waals surface area contributed by atoms with Crippen LogP contribution in [0, 0.1) is 10.1 Å². The summed E-state index contributed by atoms with van der Waals surface area (Å²) in [5.41, 5.74) is 0.986. The minimum absolute atomic E-state index is 0.197. The molecule has 0 amide bonds. The number of anilines is 1. The lowest BCUT2D eigenvalue weighted by atomic mass is 10.2. The van der Waals surface area contributed by atoms with Gasteiger partial charge < -0.3 is 19.8 Å². The van der Waals surface area contributed by atoms with Crippen LogP contribution >= 0.6 is 0 Å². The maximum absolute atomic E-state index is 10.9. The van der Waals surface area contributed by atoms with Gasteiger partial charge >= 0.3 is 5.82 Å². The molecule has 2 aromatic heterocycles. The van der Waals surface area contributed by atoms with E-state index in [1.165, 1.54) is 6.33 Å². The van der Waals surface area contributed by atoms with Gasteiger partial charge in [-0.1, -0.05) is 30.3 Å². The average molecular weight is 298 g/mol. The molecule has 0 saturated carbocycles. The fourth-order valence-corrected chi connectivity index (χ4v) is 2.16. The topological polar surface area (TPSA) is 86.1 Å². The van der Waals surface area contributed by atoms with E-state index in [9.17, 15) is 10.1 Å². The molecule has 1 aromatic carbocycles. The first-order chi connectivity index (χ1) is 10.6. The summed E-state index contributed by atoms with van der Waals surface area (Å²) in [6.07, 6.45) is 1.40. The molecule has 0 fully saturated rings. The van der Waals surface area contributed by atoms with Gasteiger partial charge in [0.25, 0.3) is 0 Å². The largest absolute Gasteiger partial charge is 0.459 e. The van der Waals surface area contributed by atoms with Crippen molar-refractivity contribution in [2.45, 2.75) is 6.54 Å². The molecule has 1 N–H and O–H groups in total. The summed E-state index contributed by atoms with van der Waals surface area (Å²) in [5.74, 6) is 1.60. The van der Waals surface area contributed by atoms with Crippen LogP contribution in [0.5, 0.6) is 0 Å². The highest BCUT2D eigenvalue weighted by atomic mass is 16.6. The lowest BCUT2D eigenvalue weighted by molar-refractivity contribution is -0.388. The van der Waals surface area contributed by atoms with Gasteiger partial charge in [0.1, 0.15) is 11.5 Å². The number of aromatic nitrogens is 2. The van der Waals surface area contributed by atoms with Crippen LogP contribution in [-0.2, 0) is 13.6 Å². The highest BCUT2D eigenvalue weighted by Gasteiger charge is 2.19. The summed E-state index contributed by atoms with van der Waals surface area (Å²) in [4.78, 5) is 14.1. The Hall–Kier alpha value is -3.09. The predicted octanol–water partition coefficient (Wildman–Crippen LogP) is 3.20. The highest BCUT2D eigenvalue weighted by molar-refractivity contribution is 5.57. The third-order valence-corrected chi connectivity index (χ3v) is 3.24. The zero-order valence-corrected chi connectivity index (χ0v) is 11.9. The molecule has 0 aliphatic heterocycles. The van der Waals surface area contributed by atoms with E-state index in [4.69, 9.17) is 4.42 Å². The number of hydrogen-bond acceptors (Lipinski definition) is 5. The Labute approximate surface area is 126 Å². The number of rotatable bonds is 5. The van der Waals surface area contributed by atoms with Gasteiger partial charge in [-0.15, -0.1) is 0 Å². The van der Waals surface area contributed by atoms with Crippen LogP contribution in [0.25, 0.3) is 11.3 Å². The van der Waals surface area contributed by atoms with Crippen molar-refractivity contribution in [2.75, 3.05) is 5.32 Å². The van der Waals surface area contributed by atoms with Crippen molar-refractivity contribution < 1.29 is 9.34 Å². The van der Waals surface area contributed by atoms with E-state index < -0.39 is 4.92 Å². The van der Waals surface area contributed by atoms with Crippen molar-refractivity contribution in [3.63, 3.8) is 0 Å². The van der Waals surface area contributed by atoms with Crippen molar-refractivity contribution in [1.82, 2.24) is 9.55 Å². The fraction of sp³-hybridized carbons (Fsp3) is 0.133. The minimum atomic E-state index is -0.514. The molecular weight excluding hydrogens is 284 g/mol. The van der Waals surface area contributed by atoms with E-state index in [-0.39, 0.29) is 5.82 Å². The molecule has 7 heteroatoms. The van der Waals surface area contributed by atoms with Crippen molar-refractivity contribution in [1.29, 1.82) is 0 Å². The van der Waals surface area contributed by atoms with E-state index in [1.807, 2.05) is 42.5 Å². The summed E-state index contributed by atoms with van der Waals surface area (Å²) in [6, 6.07) is 13.5. The van der Waals surface area contributed by atoms with E-state index in [0.29, 0.717) is 18.1 Å². The lowest BCUT2D eigenvalue weighted by Crippen LogP contribution is -2.05. The van der Waals surface area contributed by atoms with Crippen LogP contribution in [-0.4, -0.2) is 14.5 Å². The van der Waals surface area contributed by atoms with Gasteiger partial charge in [-0.3, -0.25) is 4.57 Å². The first-order valence-corrected chi connectivity index (χ1v) is 6.69. The molecule has 2 heterocycles. The standard InChI is InChI=1S/C15H14N4O3/c1-18-10-17-15(19(20)21)14(18)16-9-12-7-8-13(22-12)11-5-3-2-4-6-11/h2-8,10,16H,9H2,1H3. The number of nitro groups is 1. The van der Waals surface area contributed by atoms with Gasteiger partial charge in [-0.25, -0.2) is 0 Å². The smallest absolute Gasteiger partial charge is 0.406 e. The van der Waals surface area contributed by atoms with Crippen LogP contribution in [0.4, 0.5) is 11.6 Å². The summed E-state index contributed by atoms with van der Waals surface area (Å²) in [5, 5.41) is 13.9. The average Bonchev–Trinajstić information content (AvgIpc) is 3.13. The Balaban J connectivity index is 1.74. The highest BCUT2D eigenvalue weighted by Crippen LogP contribution is 2.24. The molecule has 0 aliphatic carbocycles. The van der Waals surface area contributed by atoms with Crippen molar-refractivity contribution >= 4 is 11.6 Å². The Morgan fingerprint density at radius 2 is 2.05 bits per heavy atom. The third-order valence-electron chi connectivity index (χ3n) is 3.24. The fourth-order valence-electron chi connectivity index (χ4n) is 2.16. The minimum Gasteiger partial charge on any atom is -0.459 e. The Kier molecular flexibility index (Phi) is 3.61. The molecule has 0 bridgehead atoms. The summed E-state index contributed by atoms with van der Waals surface area (Å²) in [7, 11) is 1.69. The molecule has 0 aliphatic rings. The van der Waals surface area contributed by atoms with Crippen molar-refractivity contribution in [3.8, 4) is 11.3 Å². The zero-order valence-electron chi connectivity index (χ0n) is 11.9. The first kappa shape index (κ1) is 13.9. The first-order valence-electron chi connectivity index (χ1n) is 6.69. The molecule has 7 nitrogen and oxygen atoms in total. The molecule has 0 radical (unpaired) electrons. The molecule has 0 spiro atoms. The van der Waals surface area contributed by atoms with Gasteiger partial charge in [-0.2, -0.15) is 0 Å². The number of nitrogens with one attached hydrogen (secondary N) is 1. The maximum Gasteiger partial charge on any atom is 0.406 e. The molecule has 3 rings (SSSR count). The van der Waals surface area contributed by atoms with Gasteiger partial charge in [0.05, 0.1) is 6.54 Å². The van der Waals surface area contributed by atoms with Gasteiger partial charge in [-0.05, 0) is 22.0 Å². The number of imidazole rings is 1. The second-order valence-corrected chi connectivity index (χ2v) is 4.77. The van der Waals surface area contributed by atoms with E-state index >= 15 is 0 Å². The number of aryl methyl sites for hydroxylation is 1. The second kappa shape index (κ2) is 5.72. The summed E-state index contributed by atoms with van der Waals surface area (Å²) in [6.45, 7) is 0.340. The quantitative estimate of drug-likeness (QED) is 0.577. The van der Waals surface area contributed by atoms with Crippen LogP contribution in [0.15, 0.2) is 53.2 Å².